The summed E-state index contributed by atoms with van der Waals surface area (Å²) in [5, 5.41) is 0. The van der Waals surface area contributed by atoms with E-state index >= 15 is 0 Å². The van der Waals surface area contributed by atoms with Crippen LogP contribution in [-0.2, 0) is 9.47 Å². The first-order valence-corrected chi connectivity index (χ1v) is 6.68. The Morgan fingerprint density at radius 3 is 2.37 bits per heavy atom. The number of hydrogen-bond acceptors (Lipinski definition) is 4. The molecular weight excluding hydrogens is 242 g/mol. The lowest BCUT2D eigenvalue weighted by molar-refractivity contribution is 0.0527. The van der Waals surface area contributed by atoms with Crippen LogP contribution in [0.25, 0.3) is 0 Å². The Hall–Kier alpha value is -1.55. The van der Waals surface area contributed by atoms with Gasteiger partial charge in [-0.2, -0.15) is 0 Å². The summed E-state index contributed by atoms with van der Waals surface area (Å²) in [4.78, 5) is 13.4. The molecule has 106 valence electrons. The van der Waals surface area contributed by atoms with E-state index in [9.17, 15) is 4.79 Å². The molecule has 0 aromatic heterocycles. The van der Waals surface area contributed by atoms with Crippen molar-refractivity contribution in [3.05, 3.63) is 29.8 Å². The minimum Gasteiger partial charge on any atom is -0.462 e. The van der Waals surface area contributed by atoms with Gasteiger partial charge in [-0.15, -0.1) is 0 Å². The summed E-state index contributed by atoms with van der Waals surface area (Å²) in [5.74, 6) is -0.267. The van der Waals surface area contributed by atoms with E-state index in [1.54, 1.807) is 13.0 Å². The van der Waals surface area contributed by atoms with Crippen LogP contribution in [0.15, 0.2) is 24.3 Å². The van der Waals surface area contributed by atoms with E-state index in [1.165, 1.54) is 12.8 Å². The first-order valence-electron chi connectivity index (χ1n) is 6.68. The highest BCUT2D eigenvalue weighted by Crippen LogP contribution is 2.18. The van der Waals surface area contributed by atoms with Crippen LogP contribution >= 0.6 is 0 Å². The predicted molar refractivity (Wildman–Crippen MR) is 76.8 cm³/mol. The number of anilines is 1. The van der Waals surface area contributed by atoms with Crippen molar-refractivity contribution in [3.8, 4) is 0 Å². The number of carbonyl (C=O) groups excluding carboxylic acids is 1. The second kappa shape index (κ2) is 8.53. The largest absolute Gasteiger partial charge is 0.462 e. The van der Waals surface area contributed by atoms with Gasteiger partial charge in [0.2, 0.25) is 0 Å². The van der Waals surface area contributed by atoms with Gasteiger partial charge in [0.1, 0.15) is 0 Å². The van der Waals surface area contributed by atoms with Gasteiger partial charge in [0.15, 0.2) is 0 Å². The Labute approximate surface area is 115 Å². The van der Waals surface area contributed by atoms with Gasteiger partial charge >= 0.3 is 5.97 Å². The number of hydrogen-bond donors (Lipinski definition) is 0. The number of nitrogens with zero attached hydrogens (tertiary/aromatic N) is 1. The lowest BCUT2D eigenvalue weighted by atomic mass is 10.1. The number of benzene rings is 1. The minimum absolute atomic E-state index is 0.267. The highest BCUT2D eigenvalue weighted by molar-refractivity contribution is 5.95. The van der Waals surface area contributed by atoms with Crippen molar-refractivity contribution in [1.82, 2.24) is 0 Å². The number of esters is 1. The summed E-state index contributed by atoms with van der Waals surface area (Å²) in [6.45, 7) is 4.21. The molecule has 0 aliphatic carbocycles. The number of carbonyl (C=O) groups is 1. The molecule has 1 fully saturated rings. The normalized spacial score (nSPS) is 13.4. The summed E-state index contributed by atoms with van der Waals surface area (Å²) >= 11 is 0. The third-order valence-electron chi connectivity index (χ3n) is 2.71. The predicted octanol–water partition coefficient (Wildman–Crippen LogP) is 2.73. The van der Waals surface area contributed by atoms with Crippen molar-refractivity contribution in [3.63, 3.8) is 0 Å². The molecule has 0 radical (unpaired) electrons. The second-order valence-corrected chi connectivity index (χ2v) is 4.45. The third kappa shape index (κ3) is 5.30. The molecule has 1 aromatic rings. The fraction of sp³-hybridized carbons (Fsp3) is 0.533. The van der Waals surface area contributed by atoms with Crippen LogP contribution < -0.4 is 4.90 Å². The molecule has 19 heavy (non-hydrogen) atoms. The molecule has 0 bridgehead atoms. The Balaban J connectivity index is 0.000000300. The number of rotatable bonds is 3. The van der Waals surface area contributed by atoms with E-state index in [2.05, 4.69) is 0 Å². The van der Waals surface area contributed by atoms with Gasteiger partial charge in [-0.1, -0.05) is 12.1 Å². The van der Waals surface area contributed by atoms with Crippen LogP contribution in [0.5, 0.6) is 0 Å². The van der Waals surface area contributed by atoms with Gasteiger partial charge in [-0.05, 0) is 31.9 Å². The van der Waals surface area contributed by atoms with Crippen molar-refractivity contribution in [1.29, 1.82) is 0 Å². The summed E-state index contributed by atoms with van der Waals surface area (Å²) in [6.07, 6.45) is 2.56. The lowest BCUT2D eigenvalue weighted by Crippen LogP contribution is -2.15. The van der Waals surface area contributed by atoms with Crippen molar-refractivity contribution >= 4 is 11.7 Å². The maximum absolute atomic E-state index is 11.5. The van der Waals surface area contributed by atoms with Crippen LogP contribution in [0.3, 0.4) is 0 Å². The van der Waals surface area contributed by atoms with Crippen LogP contribution in [0.1, 0.15) is 30.1 Å². The fourth-order valence-electron chi connectivity index (χ4n) is 1.76. The van der Waals surface area contributed by atoms with E-state index in [0.717, 1.165) is 18.9 Å². The maximum Gasteiger partial charge on any atom is 0.340 e. The smallest absolute Gasteiger partial charge is 0.340 e. The van der Waals surface area contributed by atoms with Crippen molar-refractivity contribution in [2.75, 3.05) is 38.8 Å². The van der Waals surface area contributed by atoms with E-state index < -0.39 is 0 Å². The lowest BCUT2D eigenvalue weighted by Gasteiger charge is -2.15. The van der Waals surface area contributed by atoms with E-state index in [0.29, 0.717) is 12.2 Å². The number of ether oxygens (including phenoxy) is 2. The minimum atomic E-state index is -0.267. The van der Waals surface area contributed by atoms with Crippen LogP contribution in [0.4, 0.5) is 5.69 Å². The average molecular weight is 265 g/mol. The van der Waals surface area contributed by atoms with Crippen LogP contribution in [0, 0.1) is 0 Å². The molecule has 1 aliphatic rings. The van der Waals surface area contributed by atoms with Gasteiger partial charge in [0, 0.05) is 27.3 Å². The van der Waals surface area contributed by atoms with E-state index in [4.69, 9.17) is 9.47 Å². The molecular formula is C15H23NO3. The standard InChI is InChI=1S/C11H15NO2.C4H8O/c1-4-14-11(13)9-7-5-6-8-10(9)12(2)3;1-2-4-5-3-1/h5-8H,4H2,1-3H3;1-4H2. The van der Waals surface area contributed by atoms with Crippen LogP contribution in [-0.4, -0.2) is 39.9 Å². The molecule has 0 saturated carbocycles. The van der Waals surface area contributed by atoms with Crippen LogP contribution in [0.2, 0.25) is 0 Å². The average Bonchev–Trinajstić information content (AvgIpc) is 2.98. The quantitative estimate of drug-likeness (QED) is 0.788. The van der Waals surface area contributed by atoms with Crippen molar-refractivity contribution in [2.45, 2.75) is 19.8 Å². The summed E-state index contributed by atoms with van der Waals surface area (Å²) < 4.78 is 9.90. The first kappa shape index (κ1) is 15.5. The molecule has 1 saturated heterocycles. The van der Waals surface area contributed by atoms with Crippen molar-refractivity contribution < 1.29 is 14.3 Å². The van der Waals surface area contributed by atoms with Gasteiger partial charge in [0.05, 0.1) is 17.9 Å². The third-order valence-corrected chi connectivity index (χ3v) is 2.71. The molecule has 2 rings (SSSR count). The Bertz CT molecular complexity index is 379. The van der Waals surface area contributed by atoms with Gasteiger partial charge < -0.3 is 14.4 Å². The second-order valence-electron chi connectivity index (χ2n) is 4.45. The fourth-order valence-corrected chi connectivity index (χ4v) is 1.76. The molecule has 0 amide bonds. The zero-order chi connectivity index (χ0) is 14.1. The zero-order valence-corrected chi connectivity index (χ0v) is 12.0. The molecule has 0 spiro atoms. The zero-order valence-electron chi connectivity index (χ0n) is 12.0. The number of para-hydroxylation sites is 1. The molecule has 4 heteroatoms. The van der Waals surface area contributed by atoms with Gasteiger partial charge in [-0.3, -0.25) is 0 Å². The topological polar surface area (TPSA) is 38.8 Å². The Kier molecular flexibility index (Phi) is 6.97. The monoisotopic (exact) mass is 265 g/mol. The molecule has 0 unspecified atom stereocenters. The summed E-state index contributed by atoms with van der Waals surface area (Å²) in [5.41, 5.74) is 1.49. The van der Waals surface area contributed by atoms with Gasteiger partial charge in [-0.25, -0.2) is 4.79 Å². The molecule has 0 N–H and O–H groups in total. The molecule has 0 atom stereocenters. The van der Waals surface area contributed by atoms with E-state index in [1.807, 2.05) is 37.2 Å². The maximum atomic E-state index is 11.5. The molecule has 1 heterocycles. The van der Waals surface area contributed by atoms with E-state index in [-0.39, 0.29) is 5.97 Å². The molecule has 4 nitrogen and oxygen atoms in total. The Morgan fingerprint density at radius 1 is 1.26 bits per heavy atom. The van der Waals surface area contributed by atoms with Gasteiger partial charge in [0.25, 0.3) is 0 Å². The summed E-state index contributed by atoms with van der Waals surface area (Å²) in [6, 6.07) is 7.40. The Morgan fingerprint density at radius 2 is 1.89 bits per heavy atom. The SMILES string of the molecule is C1CCOC1.CCOC(=O)c1ccccc1N(C)C. The molecule has 1 aromatic carbocycles. The first-order chi connectivity index (χ1) is 9.16. The summed E-state index contributed by atoms with van der Waals surface area (Å²) in [7, 11) is 3.80. The highest BCUT2D eigenvalue weighted by atomic mass is 16.5. The highest BCUT2D eigenvalue weighted by Gasteiger charge is 2.12. The van der Waals surface area contributed by atoms with Crippen molar-refractivity contribution in [2.24, 2.45) is 0 Å². The molecule has 1 aliphatic heterocycles.